The van der Waals surface area contributed by atoms with Crippen molar-refractivity contribution >= 4 is 0 Å². The molecule has 3 atom stereocenters. The Morgan fingerprint density at radius 2 is 0.830 bits per heavy atom. The Morgan fingerprint density at radius 1 is 0.447 bits per heavy atom. The lowest BCUT2D eigenvalue weighted by Crippen LogP contribution is -2.44. The summed E-state index contributed by atoms with van der Waals surface area (Å²) in [5.74, 6) is 0. The molecule has 0 radical (unpaired) electrons. The van der Waals surface area contributed by atoms with Crippen LogP contribution in [0.2, 0.25) is 0 Å². The molecule has 274 valence electrons. The van der Waals surface area contributed by atoms with Crippen LogP contribution in [0.25, 0.3) is 0 Å². The monoisotopic (exact) mass is 656 g/mol. The Bertz CT molecular complexity index is 754. The summed E-state index contributed by atoms with van der Waals surface area (Å²) in [6, 6.07) is 0.623. The highest BCUT2D eigenvalue weighted by atomic mass is 16.5. The Morgan fingerprint density at radius 3 is 1.26 bits per heavy atom. The highest BCUT2D eigenvalue weighted by Gasteiger charge is 2.32. The Labute approximate surface area is 295 Å². The second kappa shape index (κ2) is 34.7. The summed E-state index contributed by atoms with van der Waals surface area (Å²) in [5, 5.41) is 0. The Balaban J connectivity index is 2.05. The van der Waals surface area contributed by atoms with Crippen LogP contribution < -0.4 is 0 Å². The third-order valence-electron chi connectivity index (χ3n) is 9.79. The minimum atomic E-state index is 0.263. The number of ether oxygens (including phenoxy) is 2. The van der Waals surface area contributed by atoms with Crippen molar-refractivity contribution < 1.29 is 9.47 Å². The van der Waals surface area contributed by atoms with Crippen molar-refractivity contribution in [2.24, 2.45) is 0 Å². The summed E-state index contributed by atoms with van der Waals surface area (Å²) in [5.41, 5.74) is 0. The van der Waals surface area contributed by atoms with Crippen LogP contribution >= 0.6 is 0 Å². The zero-order valence-electron chi connectivity index (χ0n) is 32.1. The molecule has 3 heteroatoms. The average molecular weight is 656 g/mol. The van der Waals surface area contributed by atoms with Gasteiger partial charge in [0.05, 0.1) is 12.2 Å². The first-order valence-electron chi connectivity index (χ1n) is 20.7. The number of nitrogens with zero attached hydrogens (tertiary/aromatic N) is 1. The van der Waals surface area contributed by atoms with Crippen molar-refractivity contribution in [2.45, 2.75) is 205 Å². The Kier molecular flexibility index (Phi) is 32.4. The van der Waals surface area contributed by atoms with Gasteiger partial charge in [-0.2, -0.15) is 0 Å². The molecule has 0 N–H and O–H groups in total. The molecule has 0 amide bonds. The predicted octanol–water partition coefficient (Wildman–Crippen LogP) is 13.5. The van der Waals surface area contributed by atoms with Gasteiger partial charge >= 0.3 is 0 Å². The largest absolute Gasteiger partial charge is 0.376 e. The second-order valence-electron chi connectivity index (χ2n) is 14.4. The van der Waals surface area contributed by atoms with E-state index in [1.54, 1.807) is 0 Å². The number of unbranched alkanes of at least 4 members (excludes halogenated alkanes) is 18. The Hall–Kier alpha value is -1.16. The van der Waals surface area contributed by atoms with Crippen molar-refractivity contribution in [1.82, 2.24) is 4.90 Å². The second-order valence-corrected chi connectivity index (χ2v) is 14.4. The van der Waals surface area contributed by atoms with Crippen LogP contribution in [0.4, 0.5) is 0 Å². The van der Waals surface area contributed by atoms with E-state index in [0.29, 0.717) is 6.04 Å². The lowest BCUT2D eigenvalue weighted by atomic mass is 9.89. The van der Waals surface area contributed by atoms with Gasteiger partial charge in [0.25, 0.3) is 0 Å². The minimum Gasteiger partial charge on any atom is -0.376 e. The maximum absolute atomic E-state index is 6.50. The number of rotatable bonds is 33. The maximum Gasteiger partial charge on any atom is 0.0851 e. The number of allylic oxidation sites excluding steroid dienone is 8. The van der Waals surface area contributed by atoms with Gasteiger partial charge in [-0.15, -0.1) is 0 Å². The van der Waals surface area contributed by atoms with Gasteiger partial charge in [-0.1, -0.05) is 140 Å². The van der Waals surface area contributed by atoms with Crippen molar-refractivity contribution in [1.29, 1.82) is 0 Å². The molecule has 0 unspecified atom stereocenters. The summed E-state index contributed by atoms with van der Waals surface area (Å²) < 4.78 is 13.0. The molecular formula is C44H81NO2. The van der Waals surface area contributed by atoms with Gasteiger partial charge in [-0.05, 0) is 110 Å². The quantitative estimate of drug-likeness (QED) is 0.0519. The number of hydrogen-bond acceptors (Lipinski definition) is 3. The van der Waals surface area contributed by atoms with Crippen LogP contribution in [0, 0.1) is 0 Å². The van der Waals surface area contributed by atoms with Crippen molar-refractivity contribution in [3.05, 3.63) is 48.6 Å². The highest BCUT2D eigenvalue weighted by Crippen LogP contribution is 2.27. The van der Waals surface area contributed by atoms with E-state index in [4.69, 9.17) is 9.47 Å². The molecule has 0 spiro atoms. The molecule has 0 saturated heterocycles. The predicted molar refractivity (Wildman–Crippen MR) is 210 cm³/mol. The summed E-state index contributed by atoms with van der Waals surface area (Å²) in [7, 11) is 4.44. The SMILES string of the molecule is CCCCC/C=C\C/C=C\CCCCCCCCO[C@H]1CC[C@@H](N(C)C)C[C@H]1OCCCCCCCC/C=C\C/C=C\CCCCC. The first-order chi connectivity index (χ1) is 23.2. The summed E-state index contributed by atoms with van der Waals surface area (Å²) >= 11 is 0. The van der Waals surface area contributed by atoms with E-state index in [1.165, 1.54) is 148 Å². The fraction of sp³-hybridized carbons (Fsp3) is 0.818. The average Bonchev–Trinajstić information content (AvgIpc) is 3.07. The normalized spacial score (nSPS) is 19.1. The molecule has 0 aromatic carbocycles. The maximum atomic E-state index is 6.50. The van der Waals surface area contributed by atoms with Crippen molar-refractivity contribution in [3.8, 4) is 0 Å². The molecule has 0 aliphatic heterocycles. The summed E-state index contributed by atoms with van der Waals surface area (Å²) in [6.45, 7) is 6.33. The van der Waals surface area contributed by atoms with Gasteiger partial charge in [-0.25, -0.2) is 0 Å². The topological polar surface area (TPSA) is 21.7 Å². The fourth-order valence-corrected chi connectivity index (χ4v) is 6.57. The molecular weight excluding hydrogens is 574 g/mol. The zero-order valence-corrected chi connectivity index (χ0v) is 32.1. The first-order valence-corrected chi connectivity index (χ1v) is 20.7. The van der Waals surface area contributed by atoms with Crippen LogP contribution in [-0.4, -0.2) is 50.5 Å². The van der Waals surface area contributed by atoms with E-state index in [1.807, 2.05) is 0 Å². The lowest BCUT2D eigenvalue weighted by molar-refractivity contribution is -0.105. The van der Waals surface area contributed by atoms with Gasteiger partial charge in [0.2, 0.25) is 0 Å². The van der Waals surface area contributed by atoms with E-state index in [0.717, 1.165) is 38.9 Å². The van der Waals surface area contributed by atoms with Gasteiger partial charge in [0.15, 0.2) is 0 Å². The van der Waals surface area contributed by atoms with E-state index in [-0.39, 0.29) is 12.2 Å². The van der Waals surface area contributed by atoms with E-state index >= 15 is 0 Å². The van der Waals surface area contributed by atoms with Gasteiger partial charge < -0.3 is 14.4 Å². The van der Waals surface area contributed by atoms with Gasteiger partial charge in [0.1, 0.15) is 0 Å². The highest BCUT2D eigenvalue weighted by molar-refractivity contribution is 4.93. The molecule has 0 heterocycles. The molecule has 0 bridgehead atoms. The van der Waals surface area contributed by atoms with Crippen LogP contribution in [0.5, 0.6) is 0 Å². The van der Waals surface area contributed by atoms with Crippen LogP contribution in [0.1, 0.15) is 187 Å². The molecule has 1 fully saturated rings. The first kappa shape index (κ1) is 43.9. The van der Waals surface area contributed by atoms with E-state index < -0.39 is 0 Å². The van der Waals surface area contributed by atoms with Crippen molar-refractivity contribution in [2.75, 3.05) is 27.3 Å². The molecule has 1 rings (SSSR count). The lowest BCUT2D eigenvalue weighted by Gasteiger charge is -2.38. The third kappa shape index (κ3) is 28.4. The molecule has 1 aliphatic carbocycles. The fourth-order valence-electron chi connectivity index (χ4n) is 6.57. The van der Waals surface area contributed by atoms with Crippen LogP contribution in [-0.2, 0) is 9.47 Å². The van der Waals surface area contributed by atoms with Crippen LogP contribution in [0.15, 0.2) is 48.6 Å². The molecule has 47 heavy (non-hydrogen) atoms. The zero-order chi connectivity index (χ0) is 33.9. The smallest absolute Gasteiger partial charge is 0.0851 e. The van der Waals surface area contributed by atoms with Crippen LogP contribution in [0.3, 0.4) is 0 Å². The molecule has 0 aromatic rings. The van der Waals surface area contributed by atoms with E-state index in [2.05, 4.69) is 81.5 Å². The molecule has 3 nitrogen and oxygen atoms in total. The summed E-state index contributed by atoms with van der Waals surface area (Å²) in [4.78, 5) is 2.38. The van der Waals surface area contributed by atoms with Gasteiger partial charge in [0, 0.05) is 19.3 Å². The standard InChI is InChI=1S/C44H81NO2/c1-5-7-9-11-13-15-17-19-21-23-25-27-29-31-33-35-39-46-43-38-37-42(45(3)4)41-44(43)47-40-36-34-32-30-28-26-24-22-20-18-16-14-12-10-8-6-2/h13-16,19-22,42-44H,5-12,17-18,23-41H2,1-4H3/b15-13-,16-14-,21-19-,22-20-/t42-,43+,44-/m1/s1. The molecule has 0 aromatic heterocycles. The molecule has 1 saturated carbocycles. The van der Waals surface area contributed by atoms with E-state index in [9.17, 15) is 0 Å². The molecule has 1 aliphatic rings. The number of hydrogen-bond donors (Lipinski definition) is 0. The minimum absolute atomic E-state index is 0.263. The van der Waals surface area contributed by atoms with Gasteiger partial charge in [-0.3, -0.25) is 0 Å². The third-order valence-corrected chi connectivity index (χ3v) is 9.79. The summed E-state index contributed by atoms with van der Waals surface area (Å²) in [6.07, 6.45) is 53.8. The van der Waals surface area contributed by atoms with Crippen molar-refractivity contribution in [3.63, 3.8) is 0 Å².